The predicted octanol–water partition coefficient (Wildman–Crippen LogP) is 3.11. The summed E-state index contributed by atoms with van der Waals surface area (Å²) >= 11 is 3.33. The molecule has 28 heavy (non-hydrogen) atoms. The van der Waals surface area contributed by atoms with Crippen molar-refractivity contribution in [3.8, 4) is 17.1 Å². The maximum atomic E-state index is 12.5. The van der Waals surface area contributed by atoms with Crippen LogP contribution in [0.3, 0.4) is 0 Å². The van der Waals surface area contributed by atoms with Crippen molar-refractivity contribution in [2.24, 2.45) is 0 Å². The van der Waals surface area contributed by atoms with E-state index in [4.69, 9.17) is 4.74 Å². The summed E-state index contributed by atoms with van der Waals surface area (Å²) in [6.07, 6.45) is 0. The van der Waals surface area contributed by atoms with Crippen LogP contribution in [0.2, 0.25) is 0 Å². The van der Waals surface area contributed by atoms with Crippen LogP contribution in [0.25, 0.3) is 17.2 Å². The van der Waals surface area contributed by atoms with Crippen LogP contribution < -0.4 is 15.6 Å². The number of aromatic amines is 1. The fraction of sp³-hybridized carbons (Fsp3) is 0.0526. The average molecular weight is 440 g/mol. The summed E-state index contributed by atoms with van der Waals surface area (Å²) < 4.78 is 7.40. The van der Waals surface area contributed by atoms with E-state index < -0.39 is 5.56 Å². The van der Waals surface area contributed by atoms with E-state index in [1.165, 1.54) is 10.6 Å². The van der Waals surface area contributed by atoms with Crippen LogP contribution in [0.1, 0.15) is 10.4 Å². The molecule has 1 amide bonds. The minimum Gasteiger partial charge on any atom is -0.497 e. The van der Waals surface area contributed by atoms with Crippen LogP contribution in [0.5, 0.6) is 5.75 Å². The standard InChI is InChI=1S/C19H14BrN5O3/c1-28-14-8-4-11(5-9-14)17-23-19-22-16(26)10-15(25(19)24-17)21-18(27)12-2-6-13(20)7-3-12/h2-10H,1H3,(H,21,27)(H,22,23,24,26). The van der Waals surface area contributed by atoms with Crippen LogP contribution >= 0.6 is 15.9 Å². The number of H-pyrrole nitrogens is 1. The van der Waals surface area contributed by atoms with E-state index in [1.54, 1.807) is 43.5 Å². The number of amides is 1. The number of ether oxygens (including phenoxy) is 1. The minimum absolute atomic E-state index is 0.221. The number of fused-ring (bicyclic) bond motifs is 1. The Morgan fingerprint density at radius 3 is 2.54 bits per heavy atom. The van der Waals surface area contributed by atoms with Gasteiger partial charge in [-0.25, -0.2) is 0 Å². The van der Waals surface area contributed by atoms with E-state index >= 15 is 0 Å². The zero-order valence-electron chi connectivity index (χ0n) is 14.6. The highest BCUT2D eigenvalue weighted by Crippen LogP contribution is 2.20. The molecule has 0 saturated carbocycles. The van der Waals surface area contributed by atoms with E-state index in [1.807, 2.05) is 12.1 Å². The van der Waals surface area contributed by atoms with Gasteiger partial charge in [-0.05, 0) is 48.5 Å². The van der Waals surface area contributed by atoms with Crippen molar-refractivity contribution in [2.75, 3.05) is 12.4 Å². The molecule has 0 saturated heterocycles. The molecule has 140 valence electrons. The van der Waals surface area contributed by atoms with Crippen molar-refractivity contribution in [3.63, 3.8) is 0 Å². The summed E-state index contributed by atoms with van der Waals surface area (Å²) in [5.74, 6) is 1.20. The van der Waals surface area contributed by atoms with E-state index in [9.17, 15) is 9.59 Å². The first-order valence-corrected chi connectivity index (χ1v) is 9.04. The fourth-order valence-corrected chi connectivity index (χ4v) is 2.90. The third-order valence-corrected chi connectivity index (χ3v) is 4.56. The Morgan fingerprint density at radius 1 is 1.14 bits per heavy atom. The van der Waals surface area contributed by atoms with E-state index in [0.717, 1.165) is 10.0 Å². The number of carbonyl (C=O) groups excluding carboxylic acids is 1. The van der Waals surface area contributed by atoms with E-state index in [-0.39, 0.29) is 17.5 Å². The summed E-state index contributed by atoms with van der Waals surface area (Å²) in [6, 6.07) is 15.3. The molecule has 4 rings (SSSR count). The number of nitrogens with zero attached hydrogens (tertiary/aromatic N) is 3. The summed E-state index contributed by atoms with van der Waals surface area (Å²) in [5.41, 5.74) is 0.801. The van der Waals surface area contributed by atoms with Crippen molar-refractivity contribution in [1.29, 1.82) is 0 Å². The molecule has 9 heteroatoms. The van der Waals surface area contributed by atoms with Gasteiger partial charge >= 0.3 is 0 Å². The molecule has 0 unspecified atom stereocenters. The molecule has 8 nitrogen and oxygen atoms in total. The second kappa shape index (κ2) is 7.28. The monoisotopic (exact) mass is 439 g/mol. The highest BCUT2D eigenvalue weighted by atomic mass is 79.9. The Morgan fingerprint density at radius 2 is 1.86 bits per heavy atom. The largest absolute Gasteiger partial charge is 0.497 e. The van der Waals surface area contributed by atoms with Crippen molar-refractivity contribution < 1.29 is 9.53 Å². The molecular weight excluding hydrogens is 426 g/mol. The Balaban J connectivity index is 1.71. The molecule has 2 aromatic carbocycles. The zero-order chi connectivity index (χ0) is 19.7. The van der Waals surface area contributed by atoms with Crippen LogP contribution in [0.4, 0.5) is 5.82 Å². The van der Waals surface area contributed by atoms with E-state index in [0.29, 0.717) is 17.1 Å². The third kappa shape index (κ3) is 3.52. The van der Waals surface area contributed by atoms with Crippen molar-refractivity contribution in [3.05, 3.63) is 75.0 Å². The van der Waals surface area contributed by atoms with Gasteiger partial charge in [-0.3, -0.25) is 14.6 Å². The van der Waals surface area contributed by atoms with E-state index in [2.05, 4.69) is 36.3 Å². The fourth-order valence-electron chi connectivity index (χ4n) is 2.63. The molecule has 0 spiro atoms. The van der Waals surface area contributed by atoms with Gasteiger partial charge in [-0.1, -0.05) is 15.9 Å². The molecule has 0 atom stereocenters. The molecule has 2 aromatic heterocycles. The summed E-state index contributed by atoms with van der Waals surface area (Å²) in [5, 5.41) is 7.12. The van der Waals surface area contributed by atoms with Crippen LogP contribution in [0, 0.1) is 0 Å². The molecule has 2 heterocycles. The lowest BCUT2D eigenvalue weighted by molar-refractivity contribution is 0.102. The SMILES string of the molecule is COc1ccc(-c2nc3[nH]c(=O)cc(NC(=O)c4ccc(Br)cc4)n3n2)cc1. The number of anilines is 1. The average Bonchev–Trinajstić information content (AvgIpc) is 3.12. The second-order valence-corrected chi connectivity index (χ2v) is 6.79. The normalized spacial score (nSPS) is 10.8. The number of methoxy groups -OCH3 is 1. The summed E-state index contributed by atoms with van der Waals surface area (Å²) in [4.78, 5) is 31.5. The number of aromatic nitrogens is 4. The quantitative estimate of drug-likeness (QED) is 0.508. The Kier molecular flexibility index (Phi) is 4.66. The zero-order valence-corrected chi connectivity index (χ0v) is 16.2. The molecule has 0 fully saturated rings. The Labute approximate surface area is 167 Å². The Bertz CT molecular complexity index is 1210. The number of halogens is 1. The van der Waals surface area contributed by atoms with Gasteiger partial charge in [0.05, 0.1) is 7.11 Å². The minimum atomic E-state index is -0.396. The molecule has 4 aromatic rings. The van der Waals surface area contributed by atoms with Crippen LogP contribution in [-0.4, -0.2) is 32.6 Å². The number of hydrogen-bond donors (Lipinski definition) is 2. The lowest BCUT2D eigenvalue weighted by atomic mass is 10.2. The number of nitrogens with one attached hydrogen (secondary N) is 2. The first-order chi connectivity index (χ1) is 13.5. The Hall–Kier alpha value is -3.46. The smallest absolute Gasteiger partial charge is 0.256 e. The van der Waals surface area contributed by atoms with Gasteiger partial charge in [-0.15, -0.1) is 5.10 Å². The van der Waals surface area contributed by atoms with Crippen molar-refractivity contribution in [2.45, 2.75) is 0 Å². The number of carbonyl (C=O) groups is 1. The molecule has 0 aliphatic carbocycles. The van der Waals surface area contributed by atoms with Crippen LogP contribution in [0.15, 0.2) is 63.9 Å². The number of benzene rings is 2. The summed E-state index contributed by atoms with van der Waals surface area (Å²) in [6.45, 7) is 0. The van der Waals surface area contributed by atoms with Crippen molar-refractivity contribution >= 4 is 33.4 Å². The lowest BCUT2D eigenvalue weighted by Crippen LogP contribution is -2.18. The van der Waals surface area contributed by atoms with Gasteiger partial charge in [0.1, 0.15) is 11.6 Å². The lowest BCUT2D eigenvalue weighted by Gasteiger charge is -2.06. The molecule has 2 N–H and O–H groups in total. The maximum Gasteiger partial charge on any atom is 0.256 e. The first kappa shape index (κ1) is 17.9. The number of rotatable bonds is 4. The highest BCUT2D eigenvalue weighted by Gasteiger charge is 2.14. The van der Waals surface area contributed by atoms with Gasteiger partial charge < -0.3 is 10.1 Å². The molecular formula is C19H14BrN5O3. The highest BCUT2D eigenvalue weighted by molar-refractivity contribution is 9.10. The second-order valence-electron chi connectivity index (χ2n) is 5.88. The van der Waals surface area contributed by atoms with Gasteiger partial charge in [-0.2, -0.15) is 9.50 Å². The third-order valence-electron chi connectivity index (χ3n) is 4.03. The molecule has 0 bridgehead atoms. The van der Waals surface area contributed by atoms with Crippen LogP contribution in [-0.2, 0) is 0 Å². The molecule has 0 aliphatic rings. The predicted molar refractivity (Wildman–Crippen MR) is 108 cm³/mol. The topological polar surface area (TPSA) is 101 Å². The molecule has 0 radical (unpaired) electrons. The summed E-state index contributed by atoms with van der Waals surface area (Å²) in [7, 11) is 1.59. The van der Waals surface area contributed by atoms with Crippen molar-refractivity contribution in [1.82, 2.24) is 19.6 Å². The van der Waals surface area contributed by atoms with Gasteiger partial charge in [0.25, 0.3) is 11.5 Å². The van der Waals surface area contributed by atoms with Gasteiger partial charge in [0.15, 0.2) is 5.82 Å². The maximum absolute atomic E-state index is 12.5. The van der Waals surface area contributed by atoms with Gasteiger partial charge in [0, 0.05) is 21.7 Å². The first-order valence-electron chi connectivity index (χ1n) is 8.25. The molecule has 0 aliphatic heterocycles. The number of hydrogen-bond acceptors (Lipinski definition) is 5. The van der Waals surface area contributed by atoms with Gasteiger partial charge in [0.2, 0.25) is 5.78 Å².